The van der Waals surface area contributed by atoms with Crippen molar-refractivity contribution >= 4 is 55.5 Å². The van der Waals surface area contributed by atoms with Crippen LogP contribution in [-0.4, -0.2) is 16.7 Å². The Morgan fingerprint density at radius 3 is 1.88 bits per heavy atom. The normalized spacial score (nSPS) is 11.3. The van der Waals surface area contributed by atoms with Crippen molar-refractivity contribution in [1.82, 2.24) is 0 Å². The van der Waals surface area contributed by atoms with E-state index < -0.39 is 4.92 Å². The number of benzene rings is 4. The van der Waals surface area contributed by atoms with Gasteiger partial charge in [-0.05, 0) is 34.4 Å². The quantitative estimate of drug-likeness (QED) is 0.306. The third-order valence-electron chi connectivity index (χ3n) is 4.69. The predicted molar refractivity (Wildman–Crippen MR) is 101 cm³/mol. The molecule has 4 aromatic rings. The van der Waals surface area contributed by atoms with E-state index in [1.807, 2.05) is 18.2 Å². The van der Waals surface area contributed by atoms with Gasteiger partial charge in [-0.3, -0.25) is 24.6 Å². The van der Waals surface area contributed by atoms with Crippen LogP contribution in [0.5, 0.6) is 0 Å². The van der Waals surface area contributed by atoms with Gasteiger partial charge in [-0.15, -0.1) is 0 Å². The summed E-state index contributed by atoms with van der Waals surface area (Å²) in [6.07, 6.45) is 0. The summed E-state index contributed by atoms with van der Waals surface area (Å²) < 4.78 is 0. The Morgan fingerprint density at radius 1 is 0.808 bits per heavy atom. The molecule has 0 saturated heterocycles. The van der Waals surface area contributed by atoms with Gasteiger partial charge in [0.1, 0.15) is 0 Å². The lowest BCUT2D eigenvalue weighted by molar-refractivity contribution is -0.383. The molecule has 0 aliphatic heterocycles. The van der Waals surface area contributed by atoms with Crippen molar-refractivity contribution in [2.24, 2.45) is 0 Å². The molecule has 0 unspecified atom stereocenters. The van der Waals surface area contributed by atoms with Gasteiger partial charge in [0.2, 0.25) is 11.8 Å². The second-order valence-corrected chi connectivity index (χ2v) is 6.22. The third-order valence-corrected chi connectivity index (χ3v) is 4.69. The number of hydrogen-bond acceptors (Lipinski definition) is 4. The van der Waals surface area contributed by atoms with Crippen LogP contribution in [0.3, 0.4) is 0 Å². The topological polar surface area (TPSA) is 80.5 Å². The standard InChI is InChI=1S/C20H14N2O4/c1-11(23)21(12(2)24)17-9-5-13-3-4-14-6-10-18(22(25)26)16-8-7-15(17)19(13)20(14)16/h3-10H,1-2H3. The molecule has 128 valence electrons. The lowest BCUT2D eigenvalue weighted by Gasteiger charge is -2.21. The van der Waals surface area contributed by atoms with Crippen LogP contribution < -0.4 is 4.90 Å². The third kappa shape index (κ3) is 2.12. The Morgan fingerprint density at radius 2 is 1.31 bits per heavy atom. The molecule has 0 spiro atoms. The molecule has 2 amide bonds. The Labute approximate surface area is 148 Å². The molecule has 0 saturated carbocycles. The largest absolute Gasteiger partial charge is 0.277 e. The molecule has 4 rings (SSSR count). The smallest absolute Gasteiger partial charge is 0.274 e. The van der Waals surface area contributed by atoms with Crippen LogP contribution in [0.4, 0.5) is 11.4 Å². The fraction of sp³-hybridized carbons (Fsp3) is 0.100. The summed E-state index contributed by atoms with van der Waals surface area (Å²) >= 11 is 0. The van der Waals surface area contributed by atoms with E-state index in [1.165, 1.54) is 19.9 Å². The summed E-state index contributed by atoms with van der Waals surface area (Å²) in [4.78, 5) is 36.1. The van der Waals surface area contributed by atoms with Crippen molar-refractivity contribution in [3.8, 4) is 0 Å². The second kappa shape index (κ2) is 5.49. The first kappa shape index (κ1) is 16.0. The number of hydrogen-bond donors (Lipinski definition) is 0. The molecule has 0 bridgehead atoms. The number of rotatable bonds is 2. The van der Waals surface area contributed by atoms with Crippen LogP contribution in [0, 0.1) is 10.1 Å². The minimum Gasteiger partial charge on any atom is -0.274 e. The average molecular weight is 346 g/mol. The molecule has 0 atom stereocenters. The maximum Gasteiger partial charge on any atom is 0.277 e. The maximum absolute atomic E-state index is 12.0. The monoisotopic (exact) mass is 346 g/mol. The van der Waals surface area contributed by atoms with Gasteiger partial charge in [0.25, 0.3) is 5.69 Å². The van der Waals surface area contributed by atoms with Crippen molar-refractivity contribution in [2.45, 2.75) is 13.8 Å². The zero-order valence-electron chi connectivity index (χ0n) is 14.1. The molecule has 0 heterocycles. The number of nitro benzene ring substituents is 1. The highest BCUT2D eigenvalue weighted by atomic mass is 16.6. The number of anilines is 1. The average Bonchev–Trinajstić information content (AvgIpc) is 2.59. The summed E-state index contributed by atoms with van der Waals surface area (Å²) in [6, 6.07) is 14.1. The lowest BCUT2D eigenvalue weighted by Crippen LogP contribution is -2.33. The van der Waals surface area contributed by atoms with Gasteiger partial charge >= 0.3 is 0 Å². The minimum absolute atomic E-state index is 0.0345. The van der Waals surface area contributed by atoms with Crippen molar-refractivity contribution in [3.05, 3.63) is 58.6 Å². The summed E-state index contributed by atoms with van der Waals surface area (Å²) in [6.45, 7) is 2.68. The zero-order chi connectivity index (χ0) is 18.6. The lowest BCUT2D eigenvalue weighted by atomic mass is 9.92. The van der Waals surface area contributed by atoms with Gasteiger partial charge in [-0.25, -0.2) is 0 Å². The molecule has 0 aliphatic rings. The van der Waals surface area contributed by atoms with Gasteiger partial charge in [-0.1, -0.05) is 24.3 Å². The number of amides is 2. The summed E-state index contributed by atoms with van der Waals surface area (Å²) in [7, 11) is 0. The van der Waals surface area contributed by atoms with E-state index in [0.29, 0.717) is 16.5 Å². The highest BCUT2D eigenvalue weighted by molar-refractivity contribution is 6.29. The number of nitro groups is 1. The van der Waals surface area contributed by atoms with Gasteiger partial charge in [-0.2, -0.15) is 0 Å². The molecule has 6 nitrogen and oxygen atoms in total. The van der Waals surface area contributed by atoms with Crippen LogP contribution in [0.15, 0.2) is 48.5 Å². The summed E-state index contributed by atoms with van der Waals surface area (Å²) in [5, 5.41) is 16.0. The first-order valence-electron chi connectivity index (χ1n) is 8.06. The highest BCUT2D eigenvalue weighted by Crippen LogP contribution is 2.41. The highest BCUT2D eigenvalue weighted by Gasteiger charge is 2.22. The van der Waals surface area contributed by atoms with E-state index in [9.17, 15) is 19.7 Å². The Bertz CT molecular complexity index is 1220. The fourth-order valence-electron chi connectivity index (χ4n) is 3.69. The van der Waals surface area contributed by atoms with Gasteiger partial charge in [0.05, 0.1) is 16.0 Å². The van der Waals surface area contributed by atoms with E-state index in [0.717, 1.165) is 26.4 Å². The Balaban J connectivity index is 2.20. The molecule has 0 N–H and O–H groups in total. The molecule has 6 heteroatoms. The van der Waals surface area contributed by atoms with Crippen molar-refractivity contribution in [1.29, 1.82) is 0 Å². The number of carbonyl (C=O) groups is 2. The number of imide groups is 1. The first-order valence-corrected chi connectivity index (χ1v) is 8.06. The number of nitrogens with zero attached hydrogens (tertiary/aromatic N) is 2. The molecule has 0 radical (unpaired) electrons. The van der Waals surface area contributed by atoms with E-state index in [-0.39, 0.29) is 17.5 Å². The van der Waals surface area contributed by atoms with Gasteiger partial charge in [0.15, 0.2) is 0 Å². The van der Waals surface area contributed by atoms with Gasteiger partial charge in [0, 0.05) is 30.7 Å². The van der Waals surface area contributed by atoms with E-state index in [1.54, 1.807) is 24.3 Å². The van der Waals surface area contributed by atoms with Crippen molar-refractivity contribution < 1.29 is 14.5 Å². The van der Waals surface area contributed by atoms with Crippen molar-refractivity contribution in [3.63, 3.8) is 0 Å². The van der Waals surface area contributed by atoms with Crippen LogP contribution >= 0.6 is 0 Å². The molecule has 4 aromatic carbocycles. The SMILES string of the molecule is CC(=O)N(C(C)=O)c1ccc2ccc3ccc([N+](=O)[O-])c4ccc1c2c34. The van der Waals surface area contributed by atoms with Gasteiger partial charge < -0.3 is 0 Å². The van der Waals surface area contributed by atoms with Crippen LogP contribution in [-0.2, 0) is 9.59 Å². The van der Waals surface area contributed by atoms with Crippen LogP contribution in [0.25, 0.3) is 32.3 Å². The van der Waals surface area contributed by atoms with E-state index >= 15 is 0 Å². The number of non-ortho nitro benzene ring substituents is 1. The molecule has 0 aromatic heterocycles. The summed E-state index contributed by atoms with van der Waals surface area (Å²) in [5.74, 6) is -0.753. The Kier molecular flexibility index (Phi) is 3.37. The molecule has 0 aliphatic carbocycles. The second-order valence-electron chi connectivity index (χ2n) is 6.22. The van der Waals surface area contributed by atoms with E-state index in [4.69, 9.17) is 0 Å². The predicted octanol–water partition coefficient (Wildman–Crippen LogP) is 4.39. The van der Waals surface area contributed by atoms with Crippen LogP contribution in [0.2, 0.25) is 0 Å². The number of carbonyl (C=O) groups excluding carboxylic acids is 2. The Hall–Kier alpha value is -3.54. The van der Waals surface area contributed by atoms with Crippen LogP contribution in [0.1, 0.15) is 13.8 Å². The molecule has 0 fully saturated rings. The molecular weight excluding hydrogens is 332 g/mol. The fourth-order valence-corrected chi connectivity index (χ4v) is 3.69. The molecule has 26 heavy (non-hydrogen) atoms. The minimum atomic E-state index is -0.399. The van der Waals surface area contributed by atoms with E-state index in [2.05, 4.69) is 0 Å². The molecular formula is C20H14N2O4. The van der Waals surface area contributed by atoms with Crippen molar-refractivity contribution in [2.75, 3.05) is 4.90 Å². The first-order chi connectivity index (χ1) is 12.4. The summed E-state index contributed by atoms with van der Waals surface area (Å²) in [5.41, 5.74) is 0.519. The zero-order valence-corrected chi connectivity index (χ0v) is 14.1. The maximum atomic E-state index is 12.0.